The Balaban J connectivity index is 2.21. The molecule has 0 spiro atoms. The third-order valence-corrected chi connectivity index (χ3v) is 3.23. The molecule has 0 fully saturated rings. The van der Waals surface area contributed by atoms with Gasteiger partial charge in [0, 0.05) is 18.5 Å². The Bertz CT molecular complexity index is 566. The van der Waals surface area contributed by atoms with Crippen LogP contribution in [-0.4, -0.2) is 30.1 Å². The maximum Gasteiger partial charge on any atom is 0.138 e. The van der Waals surface area contributed by atoms with E-state index in [9.17, 15) is 5.11 Å². The fourth-order valence-corrected chi connectivity index (χ4v) is 2.23. The van der Waals surface area contributed by atoms with Crippen molar-refractivity contribution in [1.82, 2.24) is 25.0 Å². The zero-order chi connectivity index (χ0) is 14.5. The van der Waals surface area contributed by atoms with E-state index in [-0.39, 0.29) is 0 Å². The minimum Gasteiger partial charge on any atom is -0.388 e. The van der Waals surface area contributed by atoms with Crippen LogP contribution in [0.2, 0.25) is 0 Å². The molecule has 0 aromatic carbocycles. The zero-order valence-electron chi connectivity index (χ0n) is 12.2. The molecule has 2 aromatic heterocycles. The summed E-state index contributed by atoms with van der Waals surface area (Å²) in [7, 11) is 0. The molecule has 6 nitrogen and oxygen atoms in total. The summed E-state index contributed by atoms with van der Waals surface area (Å²) in [6.07, 6.45) is 3.09. The van der Waals surface area contributed by atoms with Crippen molar-refractivity contribution in [3.63, 3.8) is 0 Å². The van der Waals surface area contributed by atoms with E-state index in [0.29, 0.717) is 6.42 Å². The zero-order valence-corrected chi connectivity index (χ0v) is 12.2. The van der Waals surface area contributed by atoms with Crippen molar-refractivity contribution in [2.24, 2.45) is 0 Å². The van der Waals surface area contributed by atoms with Gasteiger partial charge in [-0.1, -0.05) is 13.8 Å². The van der Waals surface area contributed by atoms with Gasteiger partial charge in [0.15, 0.2) is 0 Å². The summed E-state index contributed by atoms with van der Waals surface area (Å²) in [5.41, 5.74) is 2.49. The average Bonchev–Trinajstić information content (AvgIpc) is 2.86. The van der Waals surface area contributed by atoms with Crippen LogP contribution in [0.15, 0.2) is 12.4 Å². The van der Waals surface area contributed by atoms with E-state index in [2.05, 4.69) is 27.2 Å². The molecule has 1 atom stereocenters. The summed E-state index contributed by atoms with van der Waals surface area (Å²) in [5.74, 6) is 0.802. The molecule has 0 aliphatic carbocycles. The van der Waals surface area contributed by atoms with E-state index in [1.165, 1.54) is 6.33 Å². The van der Waals surface area contributed by atoms with E-state index in [1.807, 2.05) is 24.6 Å². The number of rotatable bonds is 6. The number of hydrogen-bond acceptors (Lipinski definition) is 5. The maximum absolute atomic E-state index is 10.5. The number of hydrogen-bond donors (Lipinski definition) is 1. The van der Waals surface area contributed by atoms with Crippen LogP contribution in [0.5, 0.6) is 0 Å². The molecule has 0 amide bonds. The number of aliphatic hydroxyl groups is 1. The van der Waals surface area contributed by atoms with E-state index in [4.69, 9.17) is 0 Å². The molecule has 0 aliphatic rings. The SMILES string of the molecule is CCCn1ncnc1CC(O)c1cc(C)nnc1CC. The third kappa shape index (κ3) is 3.19. The lowest BCUT2D eigenvalue weighted by Crippen LogP contribution is -2.13. The van der Waals surface area contributed by atoms with Gasteiger partial charge >= 0.3 is 0 Å². The minimum atomic E-state index is -0.626. The second-order valence-corrected chi connectivity index (χ2v) is 4.86. The van der Waals surface area contributed by atoms with Gasteiger partial charge in [0.1, 0.15) is 12.2 Å². The highest BCUT2D eigenvalue weighted by atomic mass is 16.3. The molecule has 0 bridgehead atoms. The Morgan fingerprint density at radius 1 is 1.30 bits per heavy atom. The minimum absolute atomic E-state index is 0.443. The molecule has 1 N–H and O–H groups in total. The van der Waals surface area contributed by atoms with Crippen LogP contribution in [0.1, 0.15) is 49.1 Å². The van der Waals surface area contributed by atoms with E-state index >= 15 is 0 Å². The van der Waals surface area contributed by atoms with Crippen LogP contribution in [0.3, 0.4) is 0 Å². The highest BCUT2D eigenvalue weighted by molar-refractivity contribution is 5.24. The van der Waals surface area contributed by atoms with Crippen LogP contribution >= 0.6 is 0 Å². The first kappa shape index (κ1) is 14.6. The molecule has 0 saturated heterocycles. The van der Waals surface area contributed by atoms with E-state index in [0.717, 1.165) is 42.2 Å². The summed E-state index contributed by atoms with van der Waals surface area (Å²) in [4.78, 5) is 4.23. The molecule has 2 aromatic rings. The van der Waals surface area contributed by atoms with Crippen molar-refractivity contribution in [3.05, 3.63) is 35.2 Å². The van der Waals surface area contributed by atoms with Gasteiger partial charge in [0.2, 0.25) is 0 Å². The Kier molecular flexibility index (Phi) is 4.79. The van der Waals surface area contributed by atoms with Crippen molar-refractivity contribution in [2.45, 2.75) is 52.7 Å². The lowest BCUT2D eigenvalue weighted by molar-refractivity contribution is 0.172. The van der Waals surface area contributed by atoms with Gasteiger partial charge in [-0.2, -0.15) is 15.3 Å². The number of aliphatic hydroxyl groups excluding tert-OH is 1. The van der Waals surface area contributed by atoms with Gasteiger partial charge < -0.3 is 5.11 Å². The molecular formula is C14H21N5O. The molecule has 2 heterocycles. The Morgan fingerprint density at radius 2 is 2.10 bits per heavy atom. The molecule has 0 saturated carbocycles. The van der Waals surface area contributed by atoms with Gasteiger partial charge in [-0.05, 0) is 25.8 Å². The van der Waals surface area contributed by atoms with Gasteiger partial charge in [-0.25, -0.2) is 4.98 Å². The first-order valence-electron chi connectivity index (χ1n) is 7.03. The quantitative estimate of drug-likeness (QED) is 0.867. The van der Waals surface area contributed by atoms with E-state index < -0.39 is 6.10 Å². The lowest BCUT2D eigenvalue weighted by atomic mass is 10.0. The molecule has 108 valence electrons. The van der Waals surface area contributed by atoms with Crippen molar-refractivity contribution in [1.29, 1.82) is 0 Å². The highest BCUT2D eigenvalue weighted by Crippen LogP contribution is 2.20. The lowest BCUT2D eigenvalue weighted by Gasteiger charge is -2.14. The summed E-state index contributed by atoms with van der Waals surface area (Å²) in [6.45, 7) is 6.79. The van der Waals surface area contributed by atoms with Crippen molar-refractivity contribution < 1.29 is 5.11 Å². The fraction of sp³-hybridized carbons (Fsp3) is 0.571. The predicted octanol–water partition coefficient (Wildman–Crippen LogP) is 1.63. The van der Waals surface area contributed by atoms with Gasteiger partial charge in [-0.3, -0.25) is 4.68 Å². The van der Waals surface area contributed by atoms with Gasteiger partial charge in [0.05, 0.1) is 17.5 Å². The van der Waals surface area contributed by atoms with Crippen LogP contribution in [0.25, 0.3) is 0 Å². The molecule has 2 rings (SSSR count). The van der Waals surface area contributed by atoms with Crippen LogP contribution in [0, 0.1) is 6.92 Å². The maximum atomic E-state index is 10.5. The Labute approximate surface area is 118 Å². The highest BCUT2D eigenvalue weighted by Gasteiger charge is 2.17. The van der Waals surface area contributed by atoms with E-state index in [1.54, 1.807) is 0 Å². The summed E-state index contributed by atoms with van der Waals surface area (Å²) < 4.78 is 1.84. The van der Waals surface area contributed by atoms with Gasteiger partial charge in [-0.15, -0.1) is 0 Å². The summed E-state index contributed by atoms with van der Waals surface area (Å²) in [6, 6.07) is 1.90. The standard InChI is InChI=1S/C14H21N5O/c1-4-6-19-14(15-9-16-19)8-13(20)11-7-10(3)17-18-12(11)5-2/h7,9,13,20H,4-6,8H2,1-3H3. The predicted molar refractivity (Wildman–Crippen MR) is 75.1 cm³/mol. The van der Waals surface area contributed by atoms with Gasteiger partial charge in [0.25, 0.3) is 0 Å². The van der Waals surface area contributed by atoms with Crippen molar-refractivity contribution >= 4 is 0 Å². The largest absolute Gasteiger partial charge is 0.388 e. The topological polar surface area (TPSA) is 76.7 Å². The van der Waals surface area contributed by atoms with Crippen LogP contribution < -0.4 is 0 Å². The Morgan fingerprint density at radius 3 is 2.80 bits per heavy atom. The molecule has 6 heteroatoms. The van der Waals surface area contributed by atoms with Crippen LogP contribution in [-0.2, 0) is 19.4 Å². The molecule has 1 unspecified atom stereocenters. The average molecular weight is 275 g/mol. The van der Waals surface area contributed by atoms with Crippen molar-refractivity contribution in [2.75, 3.05) is 0 Å². The Hall–Kier alpha value is -1.82. The number of aryl methyl sites for hydroxylation is 3. The molecule has 0 aliphatic heterocycles. The first-order valence-corrected chi connectivity index (χ1v) is 7.03. The van der Waals surface area contributed by atoms with Crippen LogP contribution in [0.4, 0.5) is 0 Å². The molecular weight excluding hydrogens is 254 g/mol. The van der Waals surface area contributed by atoms with Crippen molar-refractivity contribution in [3.8, 4) is 0 Å². The second kappa shape index (κ2) is 6.56. The normalized spacial score (nSPS) is 12.6. The molecule has 20 heavy (non-hydrogen) atoms. The second-order valence-electron chi connectivity index (χ2n) is 4.86. The third-order valence-electron chi connectivity index (χ3n) is 3.23. The summed E-state index contributed by atoms with van der Waals surface area (Å²) in [5, 5.41) is 22.8. The smallest absolute Gasteiger partial charge is 0.138 e. The summed E-state index contributed by atoms with van der Waals surface area (Å²) >= 11 is 0. The molecule has 0 radical (unpaired) electrons. The number of nitrogens with zero attached hydrogens (tertiary/aromatic N) is 5. The number of aromatic nitrogens is 5. The monoisotopic (exact) mass is 275 g/mol. The fourth-order valence-electron chi connectivity index (χ4n) is 2.23. The first-order chi connectivity index (χ1) is 9.65.